The van der Waals surface area contributed by atoms with Crippen LogP contribution in [0.1, 0.15) is 30.0 Å². The molecule has 100 valence electrons. The number of hydrogen-bond acceptors (Lipinski definition) is 3. The van der Waals surface area contributed by atoms with Crippen molar-refractivity contribution in [1.29, 1.82) is 0 Å². The molecular formula is C16H21N3. The monoisotopic (exact) mass is 255 g/mol. The van der Waals surface area contributed by atoms with Gasteiger partial charge in [-0.2, -0.15) is 0 Å². The molecular weight excluding hydrogens is 234 g/mol. The van der Waals surface area contributed by atoms with E-state index in [9.17, 15) is 0 Å². The lowest BCUT2D eigenvalue weighted by Crippen LogP contribution is -2.05. The Morgan fingerprint density at radius 3 is 2.63 bits per heavy atom. The number of rotatable bonds is 4. The number of aryl methyl sites for hydroxylation is 3. The Labute approximate surface area is 115 Å². The average Bonchev–Trinajstić information content (AvgIpc) is 2.41. The molecule has 0 aliphatic carbocycles. The van der Waals surface area contributed by atoms with E-state index < -0.39 is 0 Å². The molecule has 1 aromatic heterocycles. The third kappa shape index (κ3) is 3.11. The van der Waals surface area contributed by atoms with Crippen LogP contribution in [0.4, 0.5) is 5.95 Å². The zero-order valence-electron chi connectivity index (χ0n) is 12.1. The summed E-state index contributed by atoms with van der Waals surface area (Å²) in [7, 11) is 0. The van der Waals surface area contributed by atoms with Gasteiger partial charge in [-0.1, -0.05) is 24.6 Å². The summed E-state index contributed by atoms with van der Waals surface area (Å²) in [4.78, 5) is 8.99. The van der Waals surface area contributed by atoms with Crippen molar-refractivity contribution in [2.45, 2.75) is 34.1 Å². The van der Waals surface area contributed by atoms with Gasteiger partial charge in [-0.25, -0.2) is 9.97 Å². The molecule has 1 aromatic carbocycles. The zero-order valence-corrected chi connectivity index (χ0v) is 12.1. The van der Waals surface area contributed by atoms with E-state index >= 15 is 0 Å². The molecule has 1 N–H and O–H groups in total. The number of aromatic nitrogens is 2. The second kappa shape index (κ2) is 5.83. The molecule has 19 heavy (non-hydrogen) atoms. The first kappa shape index (κ1) is 13.5. The molecule has 0 radical (unpaired) electrons. The van der Waals surface area contributed by atoms with E-state index in [1.807, 2.05) is 6.20 Å². The van der Waals surface area contributed by atoms with Crippen molar-refractivity contribution in [3.05, 3.63) is 41.1 Å². The van der Waals surface area contributed by atoms with Crippen LogP contribution in [0, 0.1) is 20.8 Å². The van der Waals surface area contributed by atoms with Crippen LogP contribution in [0.2, 0.25) is 0 Å². The van der Waals surface area contributed by atoms with E-state index in [4.69, 9.17) is 0 Å². The van der Waals surface area contributed by atoms with Crippen molar-refractivity contribution in [1.82, 2.24) is 9.97 Å². The molecule has 1 heterocycles. The van der Waals surface area contributed by atoms with Crippen molar-refractivity contribution in [2.24, 2.45) is 0 Å². The van der Waals surface area contributed by atoms with Crippen molar-refractivity contribution in [3.63, 3.8) is 0 Å². The SMILES string of the molecule is CCCNc1ncc(C)c(-c2cc(C)ccc2C)n1. The molecule has 0 bridgehead atoms. The van der Waals surface area contributed by atoms with E-state index in [0.29, 0.717) is 5.95 Å². The van der Waals surface area contributed by atoms with E-state index in [2.05, 4.69) is 61.2 Å². The second-order valence-corrected chi connectivity index (χ2v) is 4.97. The van der Waals surface area contributed by atoms with Crippen LogP contribution in [0.3, 0.4) is 0 Å². The zero-order chi connectivity index (χ0) is 13.8. The maximum absolute atomic E-state index is 4.66. The summed E-state index contributed by atoms with van der Waals surface area (Å²) in [5.74, 6) is 0.711. The van der Waals surface area contributed by atoms with Gasteiger partial charge in [-0.3, -0.25) is 0 Å². The smallest absolute Gasteiger partial charge is 0.223 e. The Bertz CT molecular complexity index is 576. The van der Waals surface area contributed by atoms with Gasteiger partial charge in [-0.15, -0.1) is 0 Å². The lowest BCUT2D eigenvalue weighted by atomic mass is 10.0. The number of nitrogens with one attached hydrogen (secondary N) is 1. The predicted octanol–water partition coefficient (Wildman–Crippen LogP) is 3.89. The van der Waals surface area contributed by atoms with Crippen molar-refractivity contribution in [2.75, 3.05) is 11.9 Å². The Hall–Kier alpha value is -1.90. The molecule has 0 spiro atoms. The molecule has 2 rings (SSSR count). The molecule has 0 aliphatic rings. The minimum Gasteiger partial charge on any atom is -0.354 e. The minimum absolute atomic E-state index is 0.711. The summed E-state index contributed by atoms with van der Waals surface area (Å²) < 4.78 is 0. The third-order valence-electron chi connectivity index (χ3n) is 3.15. The summed E-state index contributed by atoms with van der Waals surface area (Å²) in [6, 6.07) is 6.46. The van der Waals surface area contributed by atoms with Gasteiger partial charge in [0.15, 0.2) is 0 Å². The first-order valence-corrected chi connectivity index (χ1v) is 6.77. The second-order valence-electron chi connectivity index (χ2n) is 4.97. The van der Waals surface area contributed by atoms with Gasteiger partial charge in [-0.05, 0) is 44.4 Å². The van der Waals surface area contributed by atoms with Crippen LogP contribution >= 0.6 is 0 Å². The molecule has 0 saturated carbocycles. The van der Waals surface area contributed by atoms with Crippen LogP contribution in [-0.4, -0.2) is 16.5 Å². The van der Waals surface area contributed by atoms with Gasteiger partial charge in [0, 0.05) is 18.3 Å². The Morgan fingerprint density at radius 2 is 1.89 bits per heavy atom. The Balaban J connectivity index is 2.45. The molecule has 0 atom stereocenters. The fourth-order valence-corrected chi connectivity index (χ4v) is 2.03. The molecule has 0 saturated heterocycles. The van der Waals surface area contributed by atoms with Crippen LogP contribution in [-0.2, 0) is 0 Å². The molecule has 0 fully saturated rings. The summed E-state index contributed by atoms with van der Waals surface area (Å²) in [5, 5.41) is 3.24. The van der Waals surface area contributed by atoms with E-state index in [1.54, 1.807) is 0 Å². The molecule has 0 amide bonds. The maximum atomic E-state index is 4.66. The van der Waals surface area contributed by atoms with Crippen molar-refractivity contribution >= 4 is 5.95 Å². The Kier molecular flexibility index (Phi) is 4.15. The first-order chi connectivity index (χ1) is 9.11. The van der Waals surface area contributed by atoms with Gasteiger partial charge >= 0.3 is 0 Å². The summed E-state index contributed by atoms with van der Waals surface area (Å²) in [6.45, 7) is 9.31. The molecule has 3 heteroatoms. The summed E-state index contributed by atoms with van der Waals surface area (Å²) in [5.41, 5.74) is 5.82. The van der Waals surface area contributed by atoms with Crippen LogP contribution in [0.15, 0.2) is 24.4 Å². The first-order valence-electron chi connectivity index (χ1n) is 6.77. The van der Waals surface area contributed by atoms with Crippen molar-refractivity contribution < 1.29 is 0 Å². The molecule has 3 nitrogen and oxygen atoms in total. The predicted molar refractivity (Wildman–Crippen MR) is 80.5 cm³/mol. The van der Waals surface area contributed by atoms with Crippen molar-refractivity contribution in [3.8, 4) is 11.3 Å². The molecule has 0 unspecified atom stereocenters. The number of hydrogen-bond donors (Lipinski definition) is 1. The van der Waals surface area contributed by atoms with Gasteiger partial charge in [0.25, 0.3) is 0 Å². The normalized spacial score (nSPS) is 10.5. The van der Waals surface area contributed by atoms with E-state index in [-0.39, 0.29) is 0 Å². The lowest BCUT2D eigenvalue weighted by Gasteiger charge is -2.11. The van der Waals surface area contributed by atoms with Crippen LogP contribution in [0.5, 0.6) is 0 Å². The number of anilines is 1. The van der Waals surface area contributed by atoms with Crippen LogP contribution in [0.25, 0.3) is 11.3 Å². The summed E-state index contributed by atoms with van der Waals surface area (Å²) >= 11 is 0. The van der Waals surface area contributed by atoms with Crippen LogP contribution < -0.4 is 5.32 Å². The van der Waals surface area contributed by atoms with E-state index in [1.165, 1.54) is 16.7 Å². The fraction of sp³-hybridized carbons (Fsp3) is 0.375. The highest BCUT2D eigenvalue weighted by molar-refractivity contribution is 5.68. The van der Waals surface area contributed by atoms with Gasteiger partial charge < -0.3 is 5.32 Å². The Morgan fingerprint density at radius 1 is 1.11 bits per heavy atom. The van der Waals surface area contributed by atoms with Gasteiger partial charge in [0.1, 0.15) is 0 Å². The lowest BCUT2D eigenvalue weighted by molar-refractivity contribution is 0.950. The number of nitrogens with zero attached hydrogens (tertiary/aromatic N) is 2. The number of benzene rings is 1. The standard InChI is InChI=1S/C16H21N3/c1-5-8-17-16-18-10-13(4)15(19-16)14-9-11(2)6-7-12(14)3/h6-7,9-10H,5,8H2,1-4H3,(H,17,18,19). The molecule has 0 aliphatic heterocycles. The third-order valence-corrected chi connectivity index (χ3v) is 3.15. The quantitative estimate of drug-likeness (QED) is 0.900. The minimum atomic E-state index is 0.711. The average molecular weight is 255 g/mol. The summed E-state index contributed by atoms with van der Waals surface area (Å²) in [6.07, 6.45) is 2.96. The highest BCUT2D eigenvalue weighted by Gasteiger charge is 2.09. The maximum Gasteiger partial charge on any atom is 0.223 e. The van der Waals surface area contributed by atoms with E-state index in [0.717, 1.165) is 24.2 Å². The largest absolute Gasteiger partial charge is 0.354 e. The molecule has 2 aromatic rings. The highest BCUT2D eigenvalue weighted by Crippen LogP contribution is 2.26. The topological polar surface area (TPSA) is 37.8 Å². The van der Waals surface area contributed by atoms with Gasteiger partial charge in [0.2, 0.25) is 5.95 Å². The highest BCUT2D eigenvalue weighted by atomic mass is 15.1. The fourth-order valence-electron chi connectivity index (χ4n) is 2.03. The van der Waals surface area contributed by atoms with Gasteiger partial charge in [0.05, 0.1) is 5.69 Å².